The van der Waals surface area contributed by atoms with E-state index in [1.807, 2.05) is 0 Å². The van der Waals surface area contributed by atoms with Gasteiger partial charge in [0.2, 0.25) is 0 Å². The van der Waals surface area contributed by atoms with Crippen LogP contribution in [0.15, 0.2) is 0 Å². The molecule has 2 rings (SSSR count). The van der Waals surface area contributed by atoms with Gasteiger partial charge in [-0.15, -0.1) is 0 Å². The molecule has 0 aromatic heterocycles. The highest BCUT2D eigenvalue weighted by Crippen LogP contribution is 2.45. The summed E-state index contributed by atoms with van der Waals surface area (Å²) in [5.74, 6) is 4.27. The molecule has 3 unspecified atom stereocenters. The zero-order chi connectivity index (χ0) is 8.55. The molecule has 70 valence electrons. The quantitative estimate of drug-likeness (QED) is 0.512. The van der Waals surface area contributed by atoms with Gasteiger partial charge in [0.1, 0.15) is 0 Å². The van der Waals surface area contributed by atoms with Crippen molar-refractivity contribution in [3.05, 3.63) is 0 Å². The summed E-state index contributed by atoms with van der Waals surface area (Å²) in [6.45, 7) is 4.92. The Morgan fingerprint density at radius 3 is 2.58 bits per heavy atom. The molecular formula is C12H22. The Balaban J connectivity index is 2.00. The normalized spacial score (nSPS) is 48.5. The van der Waals surface area contributed by atoms with Crippen LogP contribution in [0.3, 0.4) is 0 Å². The first-order chi connectivity index (χ1) is 5.77. The maximum atomic E-state index is 2.48. The summed E-state index contributed by atoms with van der Waals surface area (Å²) in [5, 5.41) is 0. The second kappa shape index (κ2) is 3.40. The summed E-state index contributed by atoms with van der Waals surface area (Å²) < 4.78 is 0. The van der Waals surface area contributed by atoms with Crippen molar-refractivity contribution in [3.8, 4) is 0 Å². The molecule has 2 fully saturated rings. The van der Waals surface area contributed by atoms with Gasteiger partial charge in [-0.2, -0.15) is 0 Å². The largest absolute Gasteiger partial charge is 0.0625 e. The van der Waals surface area contributed by atoms with Crippen LogP contribution in [0.1, 0.15) is 52.4 Å². The van der Waals surface area contributed by atoms with Gasteiger partial charge >= 0.3 is 0 Å². The Hall–Kier alpha value is 0. The monoisotopic (exact) mass is 166 g/mol. The Morgan fingerprint density at radius 2 is 1.75 bits per heavy atom. The molecule has 4 atom stereocenters. The summed E-state index contributed by atoms with van der Waals surface area (Å²) >= 11 is 0. The van der Waals surface area contributed by atoms with E-state index in [1.165, 1.54) is 32.1 Å². The molecule has 0 bridgehead atoms. The topological polar surface area (TPSA) is 0 Å². The predicted molar refractivity (Wildman–Crippen MR) is 53.0 cm³/mol. The van der Waals surface area contributed by atoms with E-state index in [9.17, 15) is 0 Å². The summed E-state index contributed by atoms with van der Waals surface area (Å²) in [7, 11) is 0. The standard InChI is InChI=1S/C12H22/c1-9-6-7-11-5-3-4-10(2)12(11)8-9/h9-12H,3-8H2,1-2H3/t9?,10?,11-,12?/m1/s1. The van der Waals surface area contributed by atoms with Gasteiger partial charge in [0.15, 0.2) is 0 Å². The lowest BCUT2D eigenvalue weighted by molar-refractivity contribution is 0.0880. The number of hydrogen-bond donors (Lipinski definition) is 0. The number of hydrogen-bond acceptors (Lipinski definition) is 0. The first-order valence-electron chi connectivity index (χ1n) is 5.77. The third kappa shape index (κ3) is 1.53. The number of rotatable bonds is 0. The van der Waals surface area contributed by atoms with Gasteiger partial charge in [-0.3, -0.25) is 0 Å². The smallest absolute Gasteiger partial charge is 0.0358 e. The molecule has 12 heavy (non-hydrogen) atoms. The van der Waals surface area contributed by atoms with E-state index in [0.717, 1.165) is 23.7 Å². The van der Waals surface area contributed by atoms with Crippen molar-refractivity contribution >= 4 is 0 Å². The molecule has 0 spiro atoms. The summed E-state index contributed by atoms with van der Waals surface area (Å²) in [6, 6.07) is 0. The summed E-state index contributed by atoms with van der Waals surface area (Å²) in [6.07, 6.45) is 9.14. The Morgan fingerprint density at radius 1 is 0.917 bits per heavy atom. The van der Waals surface area contributed by atoms with Crippen LogP contribution in [0.2, 0.25) is 0 Å². The Kier molecular flexibility index (Phi) is 2.43. The van der Waals surface area contributed by atoms with Crippen molar-refractivity contribution in [2.24, 2.45) is 23.7 Å². The van der Waals surface area contributed by atoms with E-state index in [-0.39, 0.29) is 0 Å². The highest BCUT2D eigenvalue weighted by atomic mass is 14.4. The highest BCUT2D eigenvalue weighted by Gasteiger charge is 2.34. The molecule has 0 N–H and O–H groups in total. The molecule has 0 amide bonds. The van der Waals surface area contributed by atoms with E-state index < -0.39 is 0 Å². The van der Waals surface area contributed by atoms with E-state index in [2.05, 4.69) is 13.8 Å². The van der Waals surface area contributed by atoms with Crippen molar-refractivity contribution in [2.75, 3.05) is 0 Å². The van der Waals surface area contributed by atoms with Crippen molar-refractivity contribution < 1.29 is 0 Å². The molecule has 0 heterocycles. The van der Waals surface area contributed by atoms with E-state index >= 15 is 0 Å². The zero-order valence-corrected chi connectivity index (χ0v) is 8.55. The molecule has 0 aromatic carbocycles. The van der Waals surface area contributed by atoms with Crippen LogP contribution >= 0.6 is 0 Å². The fourth-order valence-corrected chi connectivity index (χ4v) is 3.46. The van der Waals surface area contributed by atoms with Crippen LogP contribution in [0.25, 0.3) is 0 Å². The van der Waals surface area contributed by atoms with Crippen molar-refractivity contribution in [2.45, 2.75) is 52.4 Å². The average molecular weight is 166 g/mol. The van der Waals surface area contributed by atoms with Gasteiger partial charge in [0.25, 0.3) is 0 Å². The van der Waals surface area contributed by atoms with E-state index in [0.29, 0.717) is 0 Å². The third-order valence-corrected chi connectivity index (χ3v) is 4.28. The van der Waals surface area contributed by atoms with Crippen LogP contribution in [0.5, 0.6) is 0 Å². The van der Waals surface area contributed by atoms with E-state index in [4.69, 9.17) is 0 Å². The van der Waals surface area contributed by atoms with Crippen LogP contribution in [-0.2, 0) is 0 Å². The fourth-order valence-electron chi connectivity index (χ4n) is 3.46. The molecule has 0 aromatic rings. The molecule has 0 nitrogen and oxygen atoms in total. The second-order valence-electron chi connectivity index (χ2n) is 5.25. The molecule has 0 aliphatic heterocycles. The predicted octanol–water partition coefficient (Wildman–Crippen LogP) is 3.86. The molecule has 2 saturated carbocycles. The Labute approximate surface area is 76.7 Å². The molecule has 0 radical (unpaired) electrons. The second-order valence-corrected chi connectivity index (χ2v) is 5.25. The lowest BCUT2D eigenvalue weighted by Gasteiger charge is -2.42. The minimum atomic E-state index is 1.02. The minimum Gasteiger partial charge on any atom is -0.0625 e. The highest BCUT2D eigenvalue weighted by molar-refractivity contribution is 4.85. The molecule has 0 saturated heterocycles. The van der Waals surface area contributed by atoms with Crippen LogP contribution in [0, 0.1) is 23.7 Å². The maximum absolute atomic E-state index is 2.48. The van der Waals surface area contributed by atoms with Crippen molar-refractivity contribution in [1.29, 1.82) is 0 Å². The van der Waals surface area contributed by atoms with Gasteiger partial charge in [-0.05, 0) is 36.5 Å². The molecular weight excluding hydrogens is 144 g/mol. The molecule has 2 aliphatic rings. The minimum absolute atomic E-state index is 1.02. The SMILES string of the molecule is CC1CC[C@H]2CCCC(C)C2C1. The van der Waals surface area contributed by atoms with Crippen LogP contribution < -0.4 is 0 Å². The zero-order valence-electron chi connectivity index (χ0n) is 8.55. The maximum Gasteiger partial charge on any atom is -0.0358 e. The lowest BCUT2D eigenvalue weighted by atomic mass is 9.64. The van der Waals surface area contributed by atoms with Crippen molar-refractivity contribution in [1.82, 2.24) is 0 Å². The van der Waals surface area contributed by atoms with Crippen molar-refractivity contribution in [3.63, 3.8) is 0 Å². The first-order valence-corrected chi connectivity index (χ1v) is 5.77. The molecule has 0 heteroatoms. The Bertz CT molecular complexity index is 150. The van der Waals surface area contributed by atoms with Gasteiger partial charge in [0.05, 0.1) is 0 Å². The van der Waals surface area contributed by atoms with E-state index in [1.54, 1.807) is 6.42 Å². The number of fused-ring (bicyclic) bond motifs is 1. The van der Waals surface area contributed by atoms with Gasteiger partial charge in [-0.25, -0.2) is 0 Å². The summed E-state index contributed by atoms with van der Waals surface area (Å²) in [4.78, 5) is 0. The summed E-state index contributed by atoms with van der Waals surface area (Å²) in [5.41, 5.74) is 0. The average Bonchev–Trinajstić information content (AvgIpc) is 2.07. The van der Waals surface area contributed by atoms with Gasteiger partial charge < -0.3 is 0 Å². The lowest BCUT2D eigenvalue weighted by Crippen LogP contribution is -2.32. The van der Waals surface area contributed by atoms with Gasteiger partial charge in [-0.1, -0.05) is 39.5 Å². The van der Waals surface area contributed by atoms with Crippen LogP contribution in [0.4, 0.5) is 0 Å². The first kappa shape index (κ1) is 8.59. The van der Waals surface area contributed by atoms with Gasteiger partial charge in [0, 0.05) is 0 Å². The third-order valence-electron chi connectivity index (χ3n) is 4.28. The molecule has 2 aliphatic carbocycles. The fraction of sp³-hybridized carbons (Fsp3) is 1.00. The van der Waals surface area contributed by atoms with Crippen LogP contribution in [-0.4, -0.2) is 0 Å².